The zero-order valence-corrected chi connectivity index (χ0v) is 11.2. The fourth-order valence-electron chi connectivity index (χ4n) is 2.51. The minimum Gasteiger partial charge on any atom is -0.352 e. The van der Waals surface area contributed by atoms with E-state index >= 15 is 0 Å². The van der Waals surface area contributed by atoms with Gasteiger partial charge in [-0.2, -0.15) is 0 Å². The van der Waals surface area contributed by atoms with E-state index in [1.807, 2.05) is 0 Å². The molecular formula is C14H28N2O. The molecule has 0 aliphatic heterocycles. The van der Waals surface area contributed by atoms with Crippen LogP contribution in [0.5, 0.6) is 0 Å². The number of carbonyl (C=O) groups excluding carboxylic acids is 1. The molecule has 0 aromatic heterocycles. The maximum absolute atomic E-state index is 11.7. The summed E-state index contributed by atoms with van der Waals surface area (Å²) in [6.07, 6.45) is 11.3. The van der Waals surface area contributed by atoms with Crippen molar-refractivity contribution in [1.29, 1.82) is 0 Å². The zero-order valence-electron chi connectivity index (χ0n) is 11.2. The lowest BCUT2D eigenvalue weighted by Crippen LogP contribution is -2.43. The molecule has 0 heterocycles. The molecule has 0 radical (unpaired) electrons. The zero-order chi connectivity index (χ0) is 12.5. The number of rotatable bonds is 8. The van der Waals surface area contributed by atoms with Crippen LogP contribution in [0.15, 0.2) is 0 Å². The summed E-state index contributed by atoms with van der Waals surface area (Å²) in [5, 5.41) is 3.07. The van der Waals surface area contributed by atoms with E-state index in [0.717, 1.165) is 25.7 Å². The average molecular weight is 240 g/mol. The van der Waals surface area contributed by atoms with Crippen LogP contribution in [-0.2, 0) is 4.79 Å². The molecular weight excluding hydrogens is 212 g/mol. The highest BCUT2D eigenvalue weighted by Gasteiger charge is 2.24. The number of hydrogen-bond acceptors (Lipinski definition) is 2. The summed E-state index contributed by atoms with van der Waals surface area (Å²) in [5.74, 6) is 0.197. The third-order valence-electron chi connectivity index (χ3n) is 3.67. The molecule has 0 saturated heterocycles. The van der Waals surface area contributed by atoms with Gasteiger partial charge in [0.25, 0.3) is 0 Å². The van der Waals surface area contributed by atoms with Crippen molar-refractivity contribution in [2.75, 3.05) is 0 Å². The molecule has 1 rings (SSSR count). The predicted octanol–water partition coefficient (Wildman–Crippen LogP) is 2.73. The van der Waals surface area contributed by atoms with Gasteiger partial charge in [0.15, 0.2) is 0 Å². The van der Waals surface area contributed by atoms with Crippen LogP contribution in [-0.4, -0.2) is 18.0 Å². The molecule has 0 aromatic carbocycles. The van der Waals surface area contributed by atoms with Crippen LogP contribution >= 0.6 is 0 Å². The van der Waals surface area contributed by atoms with Crippen LogP contribution in [0, 0.1) is 0 Å². The first-order valence-electron chi connectivity index (χ1n) is 7.29. The molecule has 1 amide bonds. The van der Waals surface area contributed by atoms with E-state index < -0.39 is 0 Å². The van der Waals surface area contributed by atoms with Gasteiger partial charge in [0.2, 0.25) is 5.91 Å². The standard InChI is InChI=1S/C14H28N2O/c1-2-3-4-5-6-7-11-14(17)16-13-10-8-9-12(13)15/h12-13H,2-11,15H2,1H3,(H,16,17). The van der Waals surface area contributed by atoms with Crippen molar-refractivity contribution >= 4 is 5.91 Å². The molecule has 100 valence electrons. The molecule has 1 aliphatic rings. The highest BCUT2D eigenvalue weighted by Crippen LogP contribution is 2.17. The van der Waals surface area contributed by atoms with Crippen molar-refractivity contribution in [3.8, 4) is 0 Å². The van der Waals surface area contributed by atoms with E-state index in [1.54, 1.807) is 0 Å². The lowest BCUT2D eigenvalue weighted by atomic mass is 10.1. The van der Waals surface area contributed by atoms with Gasteiger partial charge in [0.1, 0.15) is 0 Å². The summed E-state index contributed by atoms with van der Waals surface area (Å²) in [6, 6.07) is 0.422. The molecule has 1 saturated carbocycles. The van der Waals surface area contributed by atoms with Crippen molar-refractivity contribution in [2.24, 2.45) is 5.73 Å². The fourth-order valence-corrected chi connectivity index (χ4v) is 2.51. The number of unbranched alkanes of at least 4 members (excludes halogenated alkanes) is 5. The van der Waals surface area contributed by atoms with E-state index in [0.29, 0.717) is 6.42 Å². The molecule has 3 heteroatoms. The largest absolute Gasteiger partial charge is 0.352 e. The number of hydrogen-bond donors (Lipinski definition) is 2. The van der Waals surface area contributed by atoms with Crippen LogP contribution in [0.1, 0.15) is 71.1 Å². The summed E-state index contributed by atoms with van der Waals surface area (Å²) < 4.78 is 0. The van der Waals surface area contributed by atoms with Crippen LogP contribution in [0.4, 0.5) is 0 Å². The molecule has 3 nitrogen and oxygen atoms in total. The number of nitrogens with one attached hydrogen (secondary N) is 1. The van der Waals surface area contributed by atoms with Crippen molar-refractivity contribution in [2.45, 2.75) is 83.2 Å². The molecule has 2 unspecified atom stereocenters. The van der Waals surface area contributed by atoms with Gasteiger partial charge in [-0.1, -0.05) is 39.0 Å². The van der Waals surface area contributed by atoms with Gasteiger partial charge >= 0.3 is 0 Å². The minimum atomic E-state index is 0.184. The summed E-state index contributed by atoms with van der Waals surface area (Å²) in [5.41, 5.74) is 5.92. The van der Waals surface area contributed by atoms with E-state index in [4.69, 9.17) is 5.73 Å². The average Bonchev–Trinajstić information content (AvgIpc) is 2.69. The van der Waals surface area contributed by atoms with Crippen molar-refractivity contribution in [3.63, 3.8) is 0 Å². The van der Waals surface area contributed by atoms with E-state index in [-0.39, 0.29) is 18.0 Å². The molecule has 3 N–H and O–H groups in total. The second-order valence-electron chi connectivity index (χ2n) is 5.29. The molecule has 2 atom stereocenters. The normalized spacial score (nSPS) is 23.9. The Balaban J connectivity index is 1.97. The van der Waals surface area contributed by atoms with Crippen LogP contribution < -0.4 is 11.1 Å². The van der Waals surface area contributed by atoms with Gasteiger partial charge in [0.05, 0.1) is 0 Å². The van der Waals surface area contributed by atoms with Crippen molar-refractivity contribution in [1.82, 2.24) is 5.32 Å². The van der Waals surface area contributed by atoms with Gasteiger partial charge in [-0.3, -0.25) is 4.79 Å². The van der Waals surface area contributed by atoms with Crippen molar-refractivity contribution < 1.29 is 4.79 Å². The predicted molar refractivity (Wildman–Crippen MR) is 71.8 cm³/mol. The Hall–Kier alpha value is -0.570. The lowest BCUT2D eigenvalue weighted by Gasteiger charge is -2.17. The summed E-state index contributed by atoms with van der Waals surface area (Å²) in [7, 11) is 0. The Bertz CT molecular complexity index is 218. The molecule has 0 bridgehead atoms. The molecule has 1 aliphatic carbocycles. The van der Waals surface area contributed by atoms with Gasteiger partial charge in [-0.25, -0.2) is 0 Å². The van der Waals surface area contributed by atoms with E-state index in [2.05, 4.69) is 12.2 Å². The van der Waals surface area contributed by atoms with Gasteiger partial charge in [-0.15, -0.1) is 0 Å². The first-order valence-corrected chi connectivity index (χ1v) is 7.29. The van der Waals surface area contributed by atoms with E-state index in [1.165, 1.54) is 32.1 Å². The van der Waals surface area contributed by atoms with Crippen LogP contribution in [0.25, 0.3) is 0 Å². The second-order valence-corrected chi connectivity index (χ2v) is 5.29. The molecule has 17 heavy (non-hydrogen) atoms. The van der Waals surface area contributed by atoms with Crippen molar-refractivity contribution in [3.05, 3.63) is 0 Å². The molecule has 1 fully saturated rings. The minimum absolute atomic E-state index is 0.184. The Morgan fingerprint density at radius 3 is 2.53 bits per heavy atom. The molecule has 0 aromatic rings. The first-order chi connectivity index (χ1) is 8.24. The van der Waals surface area contributed by atoms with Gasteiger partial charge < -0.3 is 11.1 Å². The Morgan fingerprint density at radius 1 is 1.18 bits per heavy atom. The fraction of sp³-hybridized carbons (Fsp3) is 0.929. The maximum atomic E-state index is 11.7. The number of amides is 1. The smallest absolute Gasteiger partial charge is 0.220 e. The topological polar surface area (TPSA) is 55.1 Å². The number of nitrogens with two attached hydrogens (primary N) is 1. The summed E-state index contributed by atoms with van der Waals surface area (Å²) in [6.45, 7) is 2.22. The van der Waals surface area contributed by atoms with Crippen LogP contribution in [0.2, 0.25) is 0 Å². The van der Waals surface area contributed by atoms with Gasteiger partial charge in [-0.05, 0) is 25.7 Å². The maximum Gasteiger partial charge on any atom is 0.220 e. The summed E-state index contributed by atoms with van der Waals surface area (Å²) >= 11 is 0. The van der Waals surface area contributed by atoms with Crippen LogP contribution in [0.3, 0.4) is 0 Å². The Labute approximate surface area is 106 Å². The summed E-state index contributed by atoms with van der Waals surface area (Å²) in [4.78, 5) is 11.7. The number of carbonyl (C=O) groups is 1. The third-order valence-corrected chi connectivity index (χ3v) is 3.67. The third kappa shape index (κ3) is 6.06. The second kappa shape index (κ2) is 8.51. The van der Waals surface area contributed by atoms with E-state index in [9.17, 15) is 4.79 Å². The van der Waals surface area contributed by atoms with Gasteiger partial charge in [0, 0.05) is 18.5 Å². The first kappa shape index (κ1) is 14.5. The Morgan fingerprint density at radius 2 is 1.88 bits per heavy atom. The molecule has 0 spiro atoms. The highest BCUT2D eigenvalue weighted by molar-refractivity contribution is 5.76. The Kier molecular flexibility index (Phi) is 7.25. The quantitative estimate of drug-likeness (QED) is 0.641. The monoisotopic (exact) mass is 240 g/mol. The SMILES string of the molecule is CCCCCCCCC(=O)NC1CCCC1N. The highest BCUT2D eigenvalue weighted by atomic mass is 16.1. The lowest BCUT2D eigenvalue weighted by molar-refractivity contribution is -0.122.